The molecule has 3 heterocycles. The van der Waals surface area contributed by atoms with Gasteiger partial charge in [0.1, 0.15) is 5.82 Å². The van der Waals surface area contributed by atoms with E-state index in [9.17, 15) is 18.0 Å². The Labute approximate surface area is 130 Å². The molecule has 0 fully saturated rings. The normalized spacial score (nSPS) is 17.8. The highest BCUT2D eigenvalue weighted by Crippen LogP contribution is 2.30. The summed E-state index contributed by atoms with van der Waals surface area (Å²) in [5.74, 6) is 0.419. The van der Waals surface area contributed by atoms with Crippen LogP contribution in [0.1, 0.15) is 23.6 Å². The quantitative estimate of drug-likeness (QED) is 0.894. The molecular weight excluding hydrogens is 311 g/mol. The molecule has 2 N–H and O–H groups in total. The molecule has 0 bridgehead atoms. The zero-order valence-electron chi connectivity index (χ0n) is 12.2. The molecule has 0 spiro atoms. The average Bonchev–Trinajstić information content (AvgIpc) is 3.12. The first kappa shape index (κ1) is 15.6. The summed E-state index contributed by atoms with van der Waals surface area (Å²) in [6, 6.07) is 1.72. The van der Waals surface area contributed by atoms with Gasteiger partial charge in [0, 0.05) is 37.6 Å². The van der Waals surface area contributed by atoms with Crippen molar-refractivity contribution in [1.82, 2.24) is 25.1 Å². The van der Waals surface area contributed by atoms with Crippen molar-refractivity contribution >= 4 is 5.91 Å². The Morgan fingerprint density at radius 3 is 3.00 bits per heavy atom. The molecular formula is C14H16F3N5O. The maximum Gasteiger partial charge on any atom is 0.434 e. The molecule has 0 saturated carbocycles. The fraction of sp³-hybridized carbons (Fsp3) is 0.500. The summed E-state index contributed by atoms with van der Waals surface area (Å²) in [5.41, 5.74) is -0.130. The second-order valence-corrected chi connectivity index (χ2v) is 5.66. The van der Waals surface area contributed by atoms with Gasteiger partial charge in [-0.25, -0.2) is 4.98 Å². The number of nitrogens with one attached hydrogen (secondary N) is 2. The number of amides is 1. The van der Waals surface area contributed by atoms with Crippen LogP contribution in [0.3, 0.4) is 0 Å². The highest BCUT2D eigenvalue weighted by Gasteiger charge is 2.35. The third-order valence-electron chi connectivity index (χ3n) is 3.88. The lowest BCUT2D eigenvalue weighted by atomic mass is 9.99. The Balaban J connectivity index is 1.53. The molecule has 2 aromatic heterocycles. The number of hydrogen-bond acceptors (Lipinski definition) is 3. The van der Waals surface area contributed by atoms with Crippen LogP contribution in [0.2, 0.25) is 0 Å². The van der Waals surface area contributed by atoms with E-state index in [1.165, 1.54) is 4.57 Å². The molecule has 1 amide bonds. The summed E-state index contributed by atoms with van der Waals surface area (Å²) in [5, 5.41) is 9.29. The van der Waals surface area contributed by atoms with E-state index in [0.29, 0.717) is 31.8 Å². The molecule has 124 valence electrons. The van der Waals surface area contributed by atoms with Gasteiger partial charge in [0.2, 0.25) is 5.91 Å². The number of carbonyl (C=O) groups is 1. The van der Waals surface area contributed by atoms with Gasteiger partial charge in [0.15, 0.2) is 5.69 Å². The molecule has 6 nitrogen and oxygen atoms in total. The molecule has 3 rings (SSSR count). The minimum atomic E-state index is -4.42. The number of aromatic nitrogens is 4. The number of carbonyl (C=O) groups excluding carboxylic acids is 1. The van der Waals surface area contributed by atoms with E-state index in [-0.39, 0.29) is 18.2 Å². The van der Waals surface area contributed by atoms with Gasteiger partial charge in [-0.1, -0.05) is 0 Å². The smallest absolute Gasteiger partial charge is 0.355 e. The van der Waals surface area contributed by atoms with Crippen molar-refractivity contribution in [3.8, 4) is 0 Å². The standard InChI is InChI=1S/C14H16F3N5O/c15-14(16,17)11-8-22-7-9(1-2-12(22)20-11)6-18-13(23)5-10-3-4-19-21-10/h3-4,8-9H,1-2,5-7H2,(H,18,23)(H,19,21). The second-order valence-electron chi connectivity index (χ2n) is 5.66. The van der Waals surface area contributed by atoms with Crippen molar-refractivity contribution in [1.29, 1.82) is 0 Å². The third-order valence-corrected chi connectivity index (χ3v) is 3.88. The van der Waals surface area contributed by atoms with Crippen molar-refractivity contribution < 1.29 is 18.0 Å². The van der Waals surface area contributed by atoms with Gasteiger partial charge in [-0.15, -0.1) is 0 Å². The Kier molecular flexibility index (Phi) is 4.10. The van der Waals surface area contributed by atoms with Gasteiger partial charge >= 0.3 is 6.18 Å². The summed E-state index contributed by atoms with van der Waals surface area (Å²) >= 11 is 0. The van der Waals surface area contributed by atoms with E-state index in [4.69, 9.17) is 0 Å². The van der Waals surface area contributed by atoms with Gasteiger partial charge in [0.25, 0.3) is 0 Å². The van der Waals surface area contributed by atoms with Crippen LogP contribution in [0.5, 0.6) is 0 Å². The van der Waals surface area contributed by atoms with Crippen molar-refractivity contribution in [2.24, 2.45) is 5.92 Å². The first-order valence-corrected chi connectivity index (χ1v) is 7.30. The predicted octanol–water partition coefficient (Wildman–Crippen LogP) is 1.55. The van der Waals surface area contributed by atoms with Crippen LogP contribution in [-0.2, 0) is 30.4 Å². The number of halogens is 3. The number of aromatic amines is 1. The number of aryl methyl sites for hydroxylation is 1. The molecule has 0 aromatic carbocycles. The van der Waals surface area contributed by atoms with Crippen LogP contribution in [0.25, 0.3) is 0 Å². The van der Waals surface area contributed by atoms with Crippen LogP contribution in [0.4, 0.5) is 13.2 Å². The number of rotatable bonds is 4. The Bertz CT molecular complexity index is 677. The lowest BCUT2D eigenvalue weighted by Crippen LogP contribution is -2.34. The van der Waals surface area contributed by atoms with Crippen molar-refractivity contribution in [3.63, 3.8) is 0 Å². The summed E-state index contributed by atoms with van der Waals surface area (Å²) in [4.78, 5) is 15.4. The van der Waals surface area contributed by atoms with E-state index in [1.807, 2.05) is 0 Å². The number of hydrogen-bond donors (Lipinski definition) is 2. The number of alkyl halides is 3. The molecule has 0 aliphatic carbocycles. The van der Waals surface area contributed by atoms with Crippen molar-refractivity contribution in [2.75, 3.05) is 6.54 Å². The predicted molar refractivity (Wildman–Crippen MR) is 74.3 cm³/mol. The number of H-pyrrole nitrogens is 1. The number of imidazole rings is 1. The maximum atomic E-state index is 12.7. The molecule has 1 aliphatic rings. The fourth-order valence-electron chi connectivity index (χ4n) is 2.69. The van der Waals surface area contributed by atoms with E-state index in [0.717, 1.165) is 11.9 Å². The highest BCUT2D eigenvalue weighted by molar-refractivity contribution is 5.78. The molecule has 23 heavy (non-hydrogen) atoms. The molecule has 1 atom stereocenters. The monoisotopic (exact) mass is 327 g/mol. The Morgan fingerprint density at radius 2 is 2.30 bits per heavy atom. The number of nitrogens with zero attached hydrogens (tertiary/aromatic N) is 3. The van der Waals surface area contributed by atoms with Crippen LogP contribution in [0, 0.1) is 5.92 Å². The fourth-order valence-corrected chi connectivity index (χ4v) is 2.69. The third kappa shape index (κ3) is 3.72. The molecule has 9 heteroatoms. The Morgan fingerprint density at radius 1 is 1.48 bits per heavy atom. The summed E-state index contributed by atoms with van der Waals surface area (Å²) in [6.45, 7) is 0.870. The van der Waals surface area contributed by atoms with E-state index >= 15 is 0 Å². The summed E-state index contributed by atoms with van der Waals surface area (Å²) < 4.78 is 39.5. The summed E-state index contributed by atoms with van der Waals surface area (Å²) in [7, 11) is 0. The number of fused-ring (bicyclic) bond motifs is 1. The van der Waals surface area contributed by atoms with E-state index in [2.05, 4.69) is 20.5 Å². The van der Waals surface area contributed by atoms with Crippen molar-refractivity contribution in [2.45, 2.75) is 32.0 Å². The minimum Gasteiger partial charge on any atom is -0.355 e. The first-order chi connectivity index (χ1) is 10.9. The van der Waals surface area contributed by atoms with Crippen LogP contribution < -0.4 is 5.32 Å². The first-order valence-electron chi connectivity index (χ1n) is 7.30. The zero-order chi connectivity index (χ0) is 16.4. The molecule has 1 aliphatic heterocycles. The molecule has 1 unspecified atom stereocenters. The minimum absolute atomic E-state index is 0.100. The zero-order valence-corrected chi connectivity index (χ0v) is 12.2. The van der Waals surface area contributed by atoms with Crippen LogP contribution in [-0.4, -0.2) is 32.2 Å². The molecule has 2 aromatic rings. The molecule has 0 radical (unpaired) electrons. The largest absolute Gasteiger partial charge is 0.434 e. The van der Waals surface area contributed by atoms with Crippen molar-refractivity contribution in [3.05, 3.63) is 35.7 Å². The van der Waals surface area contributed by atoms with Gasteiger partial charge in [-0.3, -0.25) is 9.89 Å². The highest BCUT2D eigenvalue weighted by atomic mass is 19.4. The topological polar surface area (TPSA) is 75.6 Å². The molecule has 0 saturated heterocycles. The second kappa shape index (κ2) is 6.05. The van der Waals surface area contributed by atoms with E-state index in [1.54, 1.807) is 12.3 Å². The van der Waals surface area contributed by atoms with Gasteiger partial charge < -0.3 is 9.88 Å². The summed E-state index contributed by atoms with van der Waals surface area (Å²) in [6.07, 6.45) is -0.397. The lowest BCUT2D eigenvalue weighted by Gasteiger charge is -2.23. The van der Waals surface area contributed by atoms with Crippen LogP contribution >= 0.6 is 0 Å². The van der Waals surface area contributed by atoms with Crippen LogP contribution in [0.15, 0.2) is 18.5 Å². The van der Waals surface area contributed by atoms with Gasteiger partial charge in [0.05, 0.1) is 6.42 Å². The lowest BCUT2D eigenvalue weighted by molar-refractivity contribution is -0.141. The average molecular weight is 327 g/mol. The maximum absolute atomic E-state index is 12.7. The van der Waals surface area contributed by atoms with E-state index < -0.39 is 11.9 Å². The SMILES string of the molecule is O=C(Cc1ccn[nH]1)NCC1CCc2nc(C(F)(F)F)cn2C1. The van der Waals surface area contributed by atoms with Gasteiger partial charge in [-0.2, -0.15) is 18.3 Å². The van der Waals surface area contributed by atoms with Gasteiger partial charge in [-0.05, 0) is 18.4 Å². The Hall–Kier alpha value is -2.32.